The van der Waals surface area contributed by atoms with Crippen LogP contribution in [-0.2, 0) is 4.74 Å². The molecule has 0 aliphatic carbocycles. The second-order valence-corrected chi connectivity index (χ2v) is 5.71. The molecule has 0 aliphatic rings. The maximum absolute atomic E-state index is 12.4. The van der Waals surface area contributed by atoms with Gasteiger partial charge in [-0.3, -0.25) is 4.79 Å². The summed E-state index contributed by atoms with van der Waals surface area (Å²) in [4.78, 5) is 18.8. The largest absolute Gasteiger partial charge is 0.383 e. The summed E-state index contributed by atoms with van der Waals surface area (Å²) in [6.07, 6.45) is 2.01. The maximum atomic E-state index is 12.4. The number of rotatable bonds is 8. The molecule has 0 saturated heterocycles. The Kier molecular flexibility index (Phi) is 6.74. The Balaban J connectivity index is 2.72. The van der Waals surface area contributed by atoms with Crippen LogP contribution in [0, 0.1) is 0 Å². The average Bonchev–Trinajstić information content (AvgIpc) is 2.79. The fourth-order valence-corrected chi connectivity index (χ4v) is 2.69. The molecule has 0 aliphatic heterocycles. The molecule has 1 unspecified atom stereocenters. The molecular formula is C13H24N4O2S. The van der Waals surface area contributed by atoms with E-state index < -0.39 is 0 Å². The Labute approximate surface area is 124 Å². The Morgan fingerprint density at radius 1 is 1.60 bits per heavy atom. The quantitative estimate of drug-likeness (QED) is 0.718. The predicted octanol–water partition coefficient (Wildman–Crippen LogP) is 2.04. The summed E-state index contributed by atoms with van der Waals surface area (Å²) >= 11 is 1.29. The highest BCUT2D eigenvalue weighted by molar-refractivity contribution is 7.18. The van der Waals surface area contributed by atoms with Gasteiger partial charge in [-0.1, -0.05) is 24.7 Å². The van der Waals surface area contributed by atoms with Gasteiger partial charge in [0.15, 0.2) is 5.13 Å². The lowest BCUT2D eigenvalue weighted by Gasteiger charge is -2.24. The Bertz CT molecular complexity index is 436. The number of methoxy groups -OCH3 is 1. The van der Waals surface area contributed by atoms with Crippen molar-refractivity contribution in [2.24, 2.45) is 0 Å². The zero-order valence-electron chi connectivity index (χ0n) is 12.6. The van der Waals surface area contributed by atoms with E-state index in [4.69, 9.17) is 10.5 Å². The van der Waals surface area contributed by atoms with E-state index in [1.807, 2.05) is 6.92 Å². The minimum Gasteiger partial charge on any atom is -0.383 e. The zero-order valence-corrected chi connectivity index (χ0v) is 13.4. The van der Waals surface area contributed by atoms with Crippen LogP contribution in [0.3, 0.4) is 0 Å². The first kappa shape index (κ1) is 16.7. The number of hydrogen-bond acceptors (Lipinski definition) is 6. The lowest BCUT2D eigenvalue weighted by molar-refractivity contribution is 0.0742. The number of thiazole rings is 1. The molecule has 0 fully saturated rings. The lowest BCUT2D eigenvalue weighted by atomic mass is 10.1. The molecule has 6 nitrogen and oxygen atoms in total. The summed E-state index contributed by atoms with van der Waals surface area (Å²) in [5.41, 5.74) is 5.84. The molecule has 20 heavy (non-hydrogen) atoms. The van der Waals surface area contributed by atoms with Crippen molar-refractivity contribution < 1.29 is 9.53 Å². The van der Waals surface area contributed by atoms with E-state index in [9.17, 15) is 4.79 Å². The summed E-state index contributed by atoms with van der Waals surface area (Å²) < 4.78 is 4.95. The van der Waals surface area contributed by atoms with E-state index in [0.717, 1.165) is 12.8 Å². The first-order valence-electron chi connectivity index (χ1n) is 6.77. The summed E-state index contributed by atoms with van der Waals surface area (Å²) in [6.45, 7) is 5.36. The number of hydrogen-bond donors (Lipinski definition) is 2. The van der Waals surface area contributed by atoms with Crippen molar-refractivity contribution in [3.8, 4) is 0 Å². The Morgan fingerprint density at radius 2 is 2.30 bits per heavy atom. The zero-order chi connectivity index (χ0) is 15.1. The molecule has 114 valence electrons. The van der Waals surface area contributed by atoms with Crippen LogP contribution >= 0.6 is 11.3 Å². The number of amides is 1. The molecule has 0 spiro atoms. The van der Waals surface area contributed by atoms with Gasteiger partial charge in [-0.2, -0.15) is 0 Å². The minimum absolute atomic E-state index is 0.0688. The molecule has 1 heterocycles. The van der Waals surface area contributed by atoms with Gasteiger partial charge in [0.1, 0.15) is 10.7 Å². The molecule has 3 N–H and O–H groups in total. The first-order chi connectivity index (χ1) is 9.51. The van der Waals surface area contributed by atoms with Crippen molar-refractivity contribution >= 4 is 28.2 Å². The van der Waals surface area contributed by atoms with Crippen molar-refractivity contribution in [2.45, 2.75) is 32.7 Å². The molecule has 0 radical (unpaired) electrons. The summed E-state index contributed by atoms with van der Waals surface area (Å²) in [5.74, 6) is 0.219. The van der Waals surface area contributed by atoms with Gasteiger partial charge in [0.2, 0.25) is 0 Å². The van der Waals surface area contributed by atoms with Gasteiger partial charge in [0.25, 0.3) is 5.91 Å². The summed E-state index contributed by atoms with van der Waals surface area (Å²) in [6, 6.07) is 0.193. The second-order valence-electron chi connectivity index (χ2n) is 4.71. The minimum atomic E-state index is -0.0688. The van der Waals surface area contributed by atoms with E-state index in [2.05, 4.69) is 17.2 Å². The van der Waals surface area contributed by atoms with Crippen molar-refractivity contribution in [2.75, 3.05) is 38.4 Å². The number of nitrogen functional groups attached to an aromatic ring is 1. The standard InChI is InChI=1S/C13H24N4O2S/c1-5-6-9(2)17(3)12(18)10-11(14)16-13(20-10)15-7-8-19-4/h9H,5-8,14H2,1-4H3,(H,15,16). The van der Waals surface area contributed by atoms with Crippen molar-refractivity contribution in [3.05, 3.63) is 4.88 Å². The number of anilines is 2. The van der Waals surface area contributed by atoms with Crippen molar-refractivity contribution in [1.82, 2.24) is 9.88 Å². The molecule has 0 bridgehead atoms. The van der Waals surface area contributed by atoms with Gasteiger partial charge in [0.05, 0.1) is 6.61 Å². The highest BCUT2D eigenvalue weighted by Gasteiger charge is 2.22. The number of nitrogens with two attached hydrogens (primary N) is 1. The van der Waals surface area contributed by atoms with Crippen LogP contribution in [0.25, 0.3) is 0 Å². The van der Waals surface area contributed by atoms with Crippen LogP contribution in [0.4, 0.5) is 10.9 Å². The van der Waals surface area contributed by atoms with Gasteiger partial charge >= 0.3 is 0 Å². The highest BCUT2D eigenvalue weighted by atomic mass is 32.1. The molecule has 1 aromatic heterocycles. The fraction of sp³-hybridized carbons (Fsp3) is 0.692. The van der Waals surface area contributed by atoms with Crippen molar-refractivity contribution in [3.63, 3.8) is 0 Å². The van der Waals surface area contributed by atoms with Gasteiger partial charge in [-0.15, -0.1) is 0 Å². The van der Waals surface area contributed by atoms with Crippen LogP contribution in [0.1, 0.15) is 36.4 Å². The number of aromatic nitrogens is 1. The highest BCUT2D eigenvalue weighted by Crippen LogP contribution is 2.26. The fourth-order valence-electron chi connectivity index (χ4n) is 1.79. The van der Waals surface area contributed by atoms with E-state index in [-0.39, 0.29) is 17.8 Å². The number of nitrogens with zero attached hydrogens (tertiary/aromatic N) is 2. The van der Waals surface area contributed by atoms with Crippen LogP contribution < -0.4 is 11.1 Å². The summed E-state index contributed by atoms with van der Waals surface area (Å²) in [7, 11) is 3.44. The number of nitrogens with one attached hydrogen (secondary N) is 1. The topological polar surface area (TPSA) is 80.5 Å². The molecule has 1 atom stereocenters. The Morgan fingerprint density at radius 3 is 2.90 bits per heavy atom. The Hall–Kier alpha value is -1.34. The normalized spacial score (nSPS) is 12.2. The maximum Gasteiger partial charge on any atom is 0.267 e. The molecule has 1 amide bonds. The SMILES string of the molecule is CCCC(C)N(C)C(=O)c1sc(NCCOC)nc1N. The molecular weight excluding hydrogens is 276 g/mol. The third-order valence-electron chi connectivity index (χ3n) is 3.12. The molecule has 7 heteroatoms. The predicted molar refractivity (Wildman–Crippen MR) is 83.4 cm³/mol. The van der Waals surface area contributed by atoms with Gasteiger partial charge in [-0.25, -0.2) is 4.98 Å². The number of carbonyl (C=O) groups excluding carboxylic acids is 1. The first-order valence-corrected chi connectivity index (χ1v) is 7.59. The summed E-state index contributed by atoms with van der Waals surface area (Å²) in [5, 5.41) is 3.74. The molecule has 0 aromatic carbocycles. The third kappa shape index (κ3) is 4.35. The molecule has 1 rings (SSSR count). The number of ether oxygens (including phenoxy) is 1. The van der Waals surface area contributed by atoms with Crippen molar-refractivity contribution in [1.29, 1.82) is 0 Å². The van der Waals surface area contributed by atoms with E-state index in [1.54, 1.807) is 19.1 Å². The molecule has 1 aromatic rings. The van der Waals surface area contributed by atoms with Crippen LogP contribution in [0.5, 0.6) is 0 Å². The monoisotopic (exact) mass is 300 g/mol. The average molecular weight is 300 g/mol. The van der Waals surface area contributed by atoms with Gasteiger partial charge in [0, 0.05) is 26.7 Å². The van der Waals surface area contributed by atoms with E-state index in [0.29, 0.717) is 23.2 Å². The van der Waals surface area contributed by atoms with Crippen LogP contribution in [0.15, 0.2) is 0 Å². The van der Waals surface area contributed by atoms with E-state index in [1.165, 1.54) is 11.3 Å². The van der Waals surface area contributed by atoms with Gasteiger partial charge in [-0.05, 0) is 13.3 Å². The van der Waals surface area contributed by atoms with Gasteiger partial charge < -0.3 is 20.7 Å². The smallest absolute Gasteiger partial charge is 0.267 e. The lowest BCUT2D eigenvalue weighted by Crippen LogP contribution is -2.34. The van der Waals surface area contributed by atoms with Crippen LogP contribution in [0.2, 0.25) is 0 Å². The van der Waals surface area contributed by atoms with Crippen LogP contribution in [-0.4, -0.2) is 49.1 Å². The second kappa shape index (κ2) is 8.06. The molecule has 0 saturated carbocycles. The third-order valence-corrected chi connectivity index (χ3v) is 4.13. The van der Waals surface area contributed by atoms with E-state index >= 15 is 0 Å². The number of carbonyl (C=O) groups is 1.